The van der Waals surface area contributed by atoms with Gasteiger partial charge in [0.05, 0.1) is 49.5 Å². The Morgan fingerprint density at radius 2 is 1.53 bits per heavy atom. The van der Waals surface area contributed by atoms with E-state index in [2.05, 4.69) is 10.3 Å². The van der Waals surface area contributed by atoms with Gasteiger partial charge in [0.2, 0.25) is 0 Å². The highest BCUT2D eigenvalue weighted by Crippen LogP contribution is 2.34. The topological polar surface area (TPSA) is 86.8 Å². The number of aryl methyl sites for hydroxylation is 1. The van der Waals surface area contributed by atoms with Crippen LogP contribution in [0.3, 0.4) is 0 Å². The van der Waals surface area contributed by atoms with E-state index in [1.54, 1.807) is 19.1 Å². The lowest BCUT2D eigenvalue weighted by atomic mass is 10.1. The number of hydrogen-bond acceptors (Lipinski definition) is 6. The molecule has 7 nitrogen and oxygen atoms in total. The molecule has 0 fully saturated rings. The zero-order valence-electron chi connectivity index (χ0n) is 17.2. The highest BCUT2D eigenvalue weighted by Gasteiger charge is 2.20. The van der Waals surface area contributed by atoms with Crippen LogP contribution in [-0.4, -0.2) is 38.2 Å². The fourth-order valence-electron chi connectivity index (χ4n) is 3.02. The lowest BCUT2D eigenvalue weighted by Gasteiger charge is -2.15. The van der Waals surface area contributed by atoms with Crippen molar-refractivity contribution in [1.29, 1.82) is 0 Å². The van der Waals surface area contributed by atoms with Gasteiger partial charge in [0, 0.05) is 17.7 Å². The van der Waals surface area contributed by atoms with Crippen LogP contribution in [0.4, 0.5) is 5.69 Å². The van der Waals surface area contributed by atoms with Crippen molar-refractivity contribution in [3.05, 3.63) is 71.4 Å². The molecule has 2 aromatic carbocycles. The van der Waals surface area contributed by atoms with Gasteiger partial charge in [-0.3, -0.25) is 9.78 Å². The minimum absolute atomic E-state index is 0.148. The Hall–Kier alpha value is -3.87. The Morgan fingerprint density at radius 3 is 2.13 bits per heavy atom. The van der Waals surface area contributed by atoms with Gasteiger partial charge < -0.3 is 19.5 Å². The van der Waals surface area contributed by atoms with Crippen LogP contribution in [0, 0.1) is 6.92 Å². The Balaban J connectivity index is 1.94. The summed E-state index contributed by atoms with van der Waals surface area (Å²) in [5, 5.41) is 2.75. The second-order valence-corrected chi connectivity index (χ2v) is 6.39. The molecule has 154 valence electrons. The Morgan fingerprint density at radius 1 is 0.867 bits per heavy atom. The molecule has 0 atom stereocenters. The molecule has 1 N–H and O–H groups in total. The minimum Gasteiger partial charge on any atom is -0.493 e. The first-order chi connectivity index (χ1) is 14.5. The number of ether oxygens (including phenoxy) is 3. The molecule has 0 unspecified atom stereocenters. The van der Waals surface area contributed by atoms with Gasteiger partial charge in [-0.25, -0.2) is 4.79 Å². The molecule has 0 aliphatic carbocycles. The monoisotopic (exact) mass is 406 g/mol. The fraction of sp³-hybridized carbons (Fsp3) is 0.174. The van der Waals surface area contributed by atoms with E-state index < -0.39 is 11.9 Å². The number of aromatic nitrogens is 1. The van der Waals surface area contributed by atoms with Crippen molar-refractivity contribution in [2.45, 2.75) is 6.92 Å². The third-order valence-corrected chi connectivity index (χ3v) is 4.58. The van der Waals surface area contributed by atoms with E-state index in [0.717, 1.165) is 11.3 Å². The van der Waals surface area contributed by atoms with E-state index in [4.69, 9.17) is 14.2 Å². The molecule has 0 spiro atoms. The number of amides is 1. The molecule has 0 aliphatic rings. The van der Waals surface area contributed by atoms with Gasteiger partial charge in [0.1, 0.15) is 0 Å². The van der Waals surface area contributed by atoms with Crippen LogP contribution < -0.4 is 14.8 Å². The van der Waals surface area contributed by atoms with Gasteiger partial charge in [-0.2, -0.15) is 0 Å². The van der Waals surface area contributed by atoms with Crippen molar-refractivity contribution in [2.24, 2.45) is 0 Å². The molecule has 3 aromatic rings. The molecular weight excluding hydrogens is 384 g/mol. The van der Waals surface area contributed by atoms with Crippen LogP contribution in [0.2, 0.25) is 0 Å². The van der Waals surface area contributed by atoms with Crippen LogP contribution in [0.15, 0.2) is 54.6 Å². The van der Waals surface area contributed by atoms with Gasteiger partial charge in [-0.1, -0.05) is 30.3 Å². The first-order valence-electron chi connectivity index (χ1n) is 9.17. The van der Waals surface area contributed by atoms with Crippen LogP contribution in [-0.2, 0) is 4.74 Å². The quantitative estimate of drug-likeness (QED) is 0.620. The number of benzene rings is 2. The smallest absolute Gasteiger partial charge is 0.340 e. The molecule has 0 bridgehead atoms. The second kappa shape index (κ2) is 9.09. The first kappa shape index (κ1) is 20.9. The number of carbonyl (C=O) groups is 2. The average molecular weight is 406 g/mol. The summed E-state index contributed by atoms with van der Waals surface area (Å²) >= 11 is 0. The minimum atomic E-state index is -0.611. The second-order valence-electron chi connectivity index (χ2n) is 6.39. The SMILES string of the molecule is COC(=O)c1cc(OC)c(OC)cc1NC(=O)c1ccc(-c2ccccc2)nc1C. The van der Waals surface area contributed by atoms with Gasteiger partial charge in [0.15, 0.2) is 11.5 Å². The summed E-state index contributed by atoms with van der Waals surface area (Å²) < 4.78 is 15.3. The maximum atomic E-state index is 12.9. The number of nitrogens with zero attached hydrogens (tertiary/aromatic N) is 1. The standard InChI is InChI=1S/C23H22N2O5/c1-14-16(10-11-18(24-14)15-8-6-5-7-9-15)22(26)25-19-13-21(29-3)20(28-2)12-17(19)23(27)30-4/h5-13H,1-4H3,(H,25,26). The maximum absolute atomic E-state index is 12.9. The van der Waals surface area contributed by atoms with Crippen molar-refractivity contribution >= 4 is 17.6 Å². The number of anilines is 1. The van der Waals surface area contributed by atoms with Crippen molar-refractivity contribution in [1.82, 2.24) is 4.98 Å². The Bertz CT molecular complexity index is 1080. The zero-order chi connectivity index (χ0) is 21.7. The lowest BCUT2D eigenvalue weighted by molar-refractivity contribution is 0.0601. The summed E-state index contributed by atoms with van der Waals surface area (Å²) in [6.07, 6.45) is 0. The van der Waals surface area contributed by atoms with E-state index in [9.17, 15) is 9.59 Å². The van der Waals surface area contributed by atoms with E-state index >= 15 is 0 Å². The molecule has 0 radical (unpaired) electrons. The van der Waals surface area contributed by atoms with Gasteiger partial charge in [0.25, 0.3) is 5.91 Å². The van der Waals surface area contributed by atoms with Crippen LogP contribution >= 0.6 is 0 Å². The summed E-state index contributed by atoms with van der Waals surface area (Å²) in [5.74, 6) is -0.298. The molecule has 3 rings (SSSR count). The van der Waals surface area contributed by atoms with Crippen molar-refractivity contribution in [2.75, 3.05) is 26.6 Å². The van der Waals surface area contributed by atoms with Crippen LogP contribution in [0.5, 0.6) is 11.5 Å². The third kappa shape index (κ3) is 4.25. The molecule has 7 heteroatoms. The van der Waals surface area contributed by atoms with Gasteiger partial charge >= 0.3 is 5.97 Å². The summed E-state index contributed by atoms with van der Waals surface area (Å²) in [7, 11) is 4.19. The maximum Gasteiger partial charge on any atom is 0.340 e. The van der Waals surface area contributed by atoms with Gasteiger partial charge in [-0.05, 0) is 19.1 Å². The van der Waals surface area contributed by atoms with Crippen molar-refractivity contribution < 1.29 is 23.8 Å². The molecule has 0 saturated heterocycles. The first-order valence-corrected chi connectivity index (χ1v) is 9.17. The summed E-state index contributed by atoms with van der Waals surface area (Å²) in [6, 6.07) is 16.2. The summed E-state index contributed by atoms with van der Waals surface area (Å²) in [5.41, 5.74) is 3.08. The molecular formula is C23H22N2O5. The third-order valence-electron chi connectivity index (χ3n) is 4.58. The molecule has 1 amide bonds. The number of carbonyl (C=O) groups excluding carboxylic acids is 2. The van der Waals surface area contributed by atoms with E-state index in [0.29, 0.717) is 22.8 Å². The number of pyridine rings is 1. The lowest BCUT2D eigenvalue weighted by Crippen LogP contribution is -2.17. The number of esters is 1. The highest BCUT2D eigenvalue weighted by molar-refractivity contribution is 6.09. The number of hydrogen-bond donors (Lipinski definition) is 1. The molecule has 1 heterocycles. The van der Waals surface area contributed by atoms with Gasteiger partial charge in [-0.15, -0.1) is 0 Å². The van der Waals surface area contributed by atoms with Crippen LogP contribution in [0.25, 0.3) is 11.3 Å². The predicted molar refractivity (Wildman–Crippen MR) is 113 cm³/mol. The molecule has 30 heavy (non-hydrogen) atoms. The summed E-state index contributed by atoms with van der Waals surface area (Å²) in [6.45, 7) is 1.76. The number of nitrogens with one attached hydrogen (secondary N) is 1. The van der Waals surface area contributed by atoms with E-state index in [1.807, 2.05) is 30.3 Å². The normalized spacial score (nSPS) is 10.3. The fourth-order valence-corrected chi connectivity index (χ4v) is 3.02. The summed E-state index contributed by atoms with van der Waals surface area (Å²) in [4.78, 5) is 29.7. The van der Waals surface area contributed by atoms with E-state index in [1.165, 1.54) is 33.5 Å². The number of rotatable bonds is 6. The van der Waals surface area contributed by atoms with E-state index in [-0.39, 0.29) is 11.3 Å². The van der Waals surface area contributed by atoms with Crippen LogP contribution in [0.1, 0.15) is 26.4 Å². The highest BCUT2D eigenvalue weighted by atomic mass is 16.5. The molecule has 0 saturated carbocycles. The number of methoxy groups -OCH3 is 3. The molecule has 1 aromatic heterocycles. The predicted octanol–water partition coefficient (Wildman–Crippen LogP) is 4.11. The van der Waals surface area contributed by atoms with Crippen molar-refractivity contribution in [3.63, 3.8) is 0 Å². The largest absolute Gasteiger partial charge is 0.493 e. The average Bonchev–Trinajstić information content (AvgIpc) is 2.78. The van der Waals surface area contributed by atoms with Crippen molar-refractivity contribution in [3.8, 4) is 22.8 Å². The Kier molecular flexibility index (Phi) is 6.32. The Labute approximate surface area is 174 Å². The zero-order valence-corrected chi connectivity index (χ0v) is 17.2. The molecule has 0 aliphatic heterocycles.